The molecular formula is C22H32N2O2. The number of likely N-dealkylation sites (N-methyl/N-ethyl adjacent to an activating group) is 2. The molecule has 4 nitrogen and oxygen atoms in total. The van der Waals surface area contributed by atoms with Crippen molar-refractivity contribution in [1.29, 1.82) is 0 Å². The van der Waals surface area contributed by atoms with E-state index in [-0.39, 0.29) is 13.2 Å². The van der Waals surface area contributed by atoms with Crippen LogP contribution < -0.4 is 0 Å². The highest BCUT2D eigenvalue weighted by atomic mass is 16.3. The number of hydrogen-bond acceptors (Lipinski definition) is 4. The molecule has 0 aliphatic rings. The van der Waals surface area contributed by atoms with Gasteiger partial charge in [0.2, 0.25) is 0 Å². The fraction of sp³-hybridized carbons (Fsp3) is 0.455. The van der Waals surface area contributed by atoms with Crippen molar-refractivity contribution in [2.75, 3.05) is 39.4 Å². The van der Waals surface area contributed by atoms with Crippen molar-refractivity contribution in [3.05, 3.63) is 59.7 Å². The molecule has 4 heteroatoms. The number of nitrogens with zero attached hydrogens (tertiary/aromatic N) is 2. The van der Waals surface area contributed by atoms with Crippen LogP contribution in [0.25, 0.3) is 11.1 Å². The molecule has 0 fully saturated rings. The van der Waals surface area contributed by atoms with Gasteiger partial charge in [-0.15, -0.1) is 0 Å². The van der Waals surface area contributed by atoms with E-state index in [4.69, 9.17) is 0 Å². The van der Waals surface area contributed by atoms with Crippen molar-refractivity contribution >= 4 is 0 Å². The van der Waals surface area contributed by atoms with Crippen molar-refractivity contribution < 1.29 is 10.2 Å². The van der Waals surface area contributed by atoms with Crippen molar-refractivity contribution in [2.45, 2.75) is 26.9 Å². The molecule has 0 saturated heterocycles. The lowest BCUT2D eigenvalue weighted by Gasteiger charge is -2.20. The lowest BCUT2D eigenvalue weighted by Crippen LogP contribution is -2.26. The molecular weight excluding hydrogens is 324 g/mol. The molecule has 0 atom stereocenters. The number of benzene rings is 2. The molecule has 0 aliphatic carbocycles. The molecule has 2 rings (SSSR count). The highest BCUT2D eigenvalue weighted by Crippen LogP contribution is 2.23. The van der Waals surface area contributed by atoms with Crippen molar-refractivity contribution in [2.24, 2.45) is 0 Å². The van der Waals surface area contributed by atoms with Gasteiger partial charge in [0.1, 0.15) is 0 Å². The van der Waals surface area contributed by atoms with Gasteiger partial charge in [-0.25, -0.2) is 0 Å². The van der Waals surface area contributed by atoms with Gasteiger partial charge in [0.25, 0.3) is 0 Å². The summed E-state index contributed by atoms with van der Waals surface area (Å²) in [5.74, 6) is 0. The normalized spacial score (nSPS) is 11.5. The second-order valence-corrected chi connectivity index (χ2v) is 6.59. The summed E-state index contributed by atoms with van der Waals surface area (Å²) in [5.41, 5.74) is 4.96. The summed E-state index contributed by atoms with van der Waals surface area (Å²) in [6.45, 7) is 9.59. The molecule has 2 aromatic carbocycles. The van der Waals surface area contributed by atoms with Crippen molar-refractivity contribution in [1.82, 2.24) is 9.80 Å². The van der Waals surface area contributed by atoms with Crippen LogP contribution in [0.5, 0.6) is 0 Å². The topological polar surface area (TPSA) is 46.9 Å². The Balaban J connectivity index is 2.15. The summed E-state index contributed by atoms with van der Waals surface area (Å²) >= 11 is 0. The van der Waals surface area contributed by atoms with Gasteiger partial charge in [-0.2, -0.15) is 0 Å². The monoisotopic (exact) mass is 356 g/mol. The Kier molecular flexibility index (Phi) is 8.78. The zero-order chi connectivity index (χ0) is 18.8. The highest BCUT2D eigenvalue weighted by Gasteiger charge is 2.07. The molecule has 2 aromatic rings. The van der Waals surface area contributed by atoms with E-state index in [1.54, 1.807) is 0 Å². The molecule has 0 aromatic heterocycles. The molecule has 0 radical (unpaired) electrons. The molecule has 0 aliphatic heterocycles. The Morgan fingerprint density at radius 2 is 1.12 bits per heavy atom. The van der Waals surface area contributed by atoms with Crippen LogP contribution in [0.3, 0.4) is 0 Å². The Hall–Kier alpha value is -1.72. The van der Waals surface area contributed by atoms with Crippen LogP contribution in [0, 0.1) is 0 Å². The molecule has 0 unspecified atom stereocenters. The van der Waals surface area contributed by atoms with Gasteiger partial charge in [-0.05, 0) is 47.5 Å². The lowest BCUT2D eigenvalue weighted by molar-refractivity contribution is 0.196. The van der Waals surface area contributed by atoms with E-state index in [1.165, 1.54) is 22.3 Å². The Bertz CT molecular complexity index is 603. The highest BCUT2D eigenvalue weighted by molar-refractivity contribution is 5.64. The van der Waals surface area contributed by atoms with Gasteiger partial charge in [0.15, 0.2) is 0 Å². The third-order valence-electron chi connectivity index (χ3n) is 4.73. The van der Waals surface area contributed by atoms with Gasteiger partial charge in [0, 0.05) is 26.2 Å². The first-order valence-corrected chi connectivity index (χ1v) is 9.54. The van der Waals surface area contributed by atoms with E-state index in [9.17, 15) is 10.2 Å². The fourth-order valence-electron chi connectivity index (χ4n) is 3.20. The summed E-state index contributed by atoms with van der Waals surface area (Å²) in [6.07, 6.45) is 0. The third-order valence-corrected chi connectivity index (χ3v) is 4.73. The average molecular weight is 357 g/mol. The molecule has 0 heterocycles. The predicted octanol–water partition coefficient (Wildman–Crippen LogP) is 2.98. The van der Waals surface area contributed by atoms with Gasteiger partial charge in [-0.3, -0.25) is 9.80 Å². The summed E-state index contributed by atoms with van der Waals surface area (Å²) in [7, 11) is 0. The van der Waals surface area contributed by atoms with E-state index < -0.39 is 0 Å². The van der Waals surface area contributed by atoms with Gasteiger partial charge >= 0.3 is 0 Å². The first kappa shape index (κ1) is 20.6. The SMILES string of the molecule is CCN(CCO)Cc1cccc(-c2cccc(CN(CC)CCO)c2)c1. The first-order chi connectivity index (χ1) is 12.7. The van der Waals surface area contributed by atoms with Crippen LogP contribution in [0.4, 0.5) is 0 Å². The number of aliphatic hydroxyl groups is 2. The van der Waals surface area contributed by atoms with Gasteiger partial charge in [-0.1, -0.05) is 50.2 Å². The van der Waals surface area contributed by atoms with Crippen LogP contribution in [0.15, 0.2) is 48.5 Å². The number of rotatable bonds is 11. The van der Waals surface area contributed by atoms with Crippen LogP contribution in [-0.2, 0) is 13.1 Å². The maximum atomic E-state index is 9.18. The zero-order valence-electron chi connectivity index (χ0n) is 16.1. The molecule has 0 amide bonds. The Morgan fingerprint density at radius 1 is 0.692 bits per heavy atom. The Labute approximate surface area is 157 Å². The van der Waals surface area contributed by atoms with E-state index in [0.29, 0.717) is 13.1 Å². The molecule has 2 N–H and O–H groups in total. The smallest absolute Gasteiger partial charge is 0.0558 e. The zero-order valence-corrected chi connectivity index (χ0v) is 16.1. The van der Waals surface area contributed by atoms with E-state index in [1.807, 2.05) is 0 Å². The van der Waals surface area contributed by atoms with Crippen LogP contribution in [0.2, 0.25) is 0 Å². The molecule has 0 bridgehead atoms. The largest absolute Gasteiger partial charge is 0.395 e. The molecule has 26 heavy (non-hydrogen) atoms. The Morgan fingerprint density at radius 3 is 1.46 bits per heavy atom. The summed E-state index contributed by atoms with van der Waals surface area (Å²) in [5, 5.41) is 18.4. The van der Waals surface area contributed by atoms with E-state index in [2.05, 4.69) is 72.2 Å². The molecule has 142 valence electrons. The quantitative estimate of drug-likeness (QED) is 0.650. The second-order valence-electron chi connectivity index (χ2n) is 6.59. The summed E-state index contributed by atoms with van der Waals surface area (Å²) in [6, 6.07) is 17.3. The minimum atomic E-state index is 0.192. The number of hydrogen-bond donors (Lipinski definition) is 2. The van der Waals surface area contributed by atoms with Gasteiger partial charge < -0.3 is 10.2 Å². The van der Waals surface area contributed by atoms with Gasteiger partial charge in [0.05, 0.1) is 13.2 Å². The standard InChI is InChI=1S/C22H32N2O2/c1-3-23(11-13-25)17-19-7-5-9-21(15-19)22-10-6-8-20(16-22)18-24(4-2)12-14-26/h5-10,15-16,25-26H,3-4,11-14,17-18H2,1-2H3. The third kappa shape index (κ3) is 6.22. The minimum absolute atomic E-state index is 0.192. The van der Waals surface area contributed by atoms with Crippen LogP contribution in [0.1, 0.15) is 25.0 Å². The maximum absolute atomic E-state index is 9.18. The first-order valence-electron chi connectivity index (χ1n) is 9.54. The van der Waals surface area contributed by atoms with E-state index in [0.717, 1.165) is 26.2 Å². The van der Waals surface area contributed by atoms with Crippen molar-refractivity contribution in [3.63, 3.8) is 0 Å². The van der Waals surface area contributed by atoms with E-state index >= 15 is 0 Å². The maximum Gasteiger partial charge on any atom is 0.0558 e. The number of aliphatic hydroxyl groups excluding tert-OH is 2. The minimum Gasteiger partial charge on any atom is -0.395 e. The summed E-state index contributed by atoms with van der Waals surface area (Å²) < 4.78 is 0. The molecule has 0 saturated carbocycles. The predicted molar refractivity (Wildman–Crippen MR) is 108 cm³/mol. The van der Waals surface area contributed by atoms with Crippen LogP contribution >= 0.6 is 0 Å². The second kappa shape index (κ2) is 11.1. The van der Waals surface area contributed by atoms with Crippen molar-refractivity contribution in [3.8, 4) is 11.1 Å². The molecule has 0 spiro atoms. The average Bonchev–Trinajstić information content (AvgIpc) is 2.67. The van der Waals surface area contributed by atoms with Crippen LogP contribution in [-0.4, -0.2) is 59.4 Å². The fourth-order valence-corrected chi connectivity index (χ4v) is 3.20. The lowest BCUT2D eigenvalue weighted by atomic mass is 10.0. The summed E-state index contributed by atoms with van der Waals surface area (Å²) in [4.78, 5) is 4.48.